The Morgan fingerprint density at radius 3 is 2.69 bits per heavy atom. The van der Waals surface area contributed by atoms with Gasteiger partial charge >= 0.3 is 0 Å². The van der Waals surface area contributed by atoms with E-state index in [2.05, 4.69) is 20.0 Å². The molecule has 26 heavy (non-hydrogen) atoms. The summed E-state index contributed by atoms with van der Waals surface area (Å²) in [7, 11) is 0. The summed E-state index contributed by atoms with van der Waals surface area (Å²) < 4.78 is 6.89. The maximum atomic E-state index is 12.8. The molecule has 1 aromatic carbocycles. The van der Waals surface area contributed by atoms with Gasteiger partial charge < -0.3 is 14.6 Å². The largest absolute Gasteiger partial charge is 0.378 e. The van der Waals surface area contributed by atoms with Gasteiger partial charge in [-0.2, -0.15) is 9.78 Å². The normalized spacial score (nSPS) is 15.0. The van der Waals surface area contributed by atoms with Gasteiger partial charge in [0.2, 0.25) is 0 Å². The maximum absolute atomic E-state index is 12.8. The first kappa shape index (κ1) is 15.1. The van der Waals surface area contributed by atoms with E-state index in [1.165, 1.54) is 4.68 Å². The van der Waals surface area contributed by atoms with Crippen molar-refractivity contribution in [3.05, 3.63) is 59.1 Å². The number of rotatable bonds is 2. The molecule has 5 rings (SSSR count). The van der Waals surface area contributed by atoms with Gasteiger partial charge in [0.25, 0.3) is 5.56 Å². The second kappa shape index (κ2) is 5.96. The number of nitrogens with one attached hydrogen (secondary N) is 1. The number of pyridine rings is 2. The molecule has 7 nitrogen and oxygen atoms in total. The van der Waals surface area contributed by atoms with Crippen LogP contribution in [0, 0.1) is 0 Å². The number of H-pyrrole nitrogens is 1. The Morgan fingerprint density at radius 2 is 1.88 bits per heavy atom. The minimum Gasteiger partial charge on any atom is -0.378 e. The molecule has 2 aromatic rings. The topological polar surface area (TPSA) is 76.0 Å². The molecule has 1 aromatic heterocycles. The third kappa shape index (κ3) is 2.28. The van der Waals surface area contributed by atoms with Gasteiger partial charge in [0.15, 0.2) is 5.82 Å². The number of aromatic amines is 1. The second-order valence-corrected chi connectivity index (χ2v) is 6.26. The minimum absolute atomic E-state index is 0.130. The van der Waals surface area contributed by atoms with Crippen LogP contribution in [0.5, 0.6) is 0 Å². The fourth-order valence-corrected chi connectivity index (χ4v) is 3.44. The van der Waals surface area contributed by atoms with Crippen LogP contribution < -0.4 is 10.5 Å². The third-order valence-corrected chi connectivity index (χ3v) is 4.74. The first-order valence-corrected chi connectivity index (χ1v) is 8.60. The Bertz CT molecular complexity index is 1100. The van der Waals surface area contributed by atoms with Gasteiger partial charge in [-0.3, -0.25) is 4.79 Å². The average molecular weight is 347 g/mol. The zero-order valence-corrected chi connectivity index (χ0v) is 14.1. The average Bonchev–Trinajstić information content (AvgIpc) is 3.06. The molecule has 3 aliphatic rings. The van der Waals surface area contributed by atoms with Gasteiger partial charge in [-0.05, 0) is 18.2 Å². The van der Waals surface area contributed by atoms with Crippen LogP contribution in [-0.2, 0) is 4.74 Å². The lowest BCUT2D eigenvalue weighted by atomic mass is 10.1. The lowest BCUT2D eigenvalue weighted by Gasteiger charge is -2.28. The zero-order valence-electron chi connectivity index (χ0n) is 14.1. The fraction of sp³-hybridized carbons (Fsp3) is 0.211. The molecule has 7 heteroatoms. The summed E-state index contributed by atoms with van der Waals surface area (Å²) in [4.78, 5) is 22.8. The molecule has 0 atom stereocenters. The Balaban J connectivity index is 1.73. The predicted molar refractivity (Wildman–Crippen MR) is 99.1 cm³/mol. The maximum Gasteiger partial charge on any atom is 0.282 e. The van der Waals surface area contributed by atoms with E-state index >= 15 is 0 Å². The molecule has 1 saturated heterocycles. The van der Waals surface area contributed by atoms with Crippen LogP contribution in [0.3, 0.4) is 0 Å². The van der Waals surface area contributed by atoms with E-state index in [1.54, 1.807) is 12.4 Å². The Hall–Kier alpha value is -3.19. The molecule has 1 N–H and O–H groups in total. The van der Waals surface area contributed by atoms with Crippen molar-refractivity contribution in [2.45, 2.75) is 0 Å². The van der Waals surface area contributed by atoms with E-state index in [0.29, 0.717) is 24.5 Å². The van der Waals surface area contributed by atoms with E-state index in [1.807, 2.05) is 36.4 Å². The number of hydrogen-bond acceptors (Lipinski definition) is 5. The van der Waals surface area contributed by atoms with Gasteiger partial charge in [0.1, 0.15) is 5.69 Å². The van der Waals surface area contributed by atoms with Crippen molar-refractivity contribution in [1.82, 2.24) is 19.7 Å². The summed E-state index contributed by atoms with van der Waals surface area (Å²) in [5.41, 5.74) is 2.77. The highest BCUT2D eigenvalue weighted by atomic mass is 16.5. The monoisotopic (exact) mass is 347 g/mol. The van der Waals surface area contributed by atoms with Gasteiger partial charge in [-0.25, -0.2) is 4.98 Å². The SMILES string of the molecule is O=c1c2c[nH]c3c(N4CCOCC4)nccc3c-2nn1-c1ccccc1. The molecule has 0 bridgehead atoms. The van der Waals surface area contributed by atoms with E-state index in [-0.39, 0.29) is 5.56 Å². The Labute approximate surface area is 149 Å². The molecular formula is C19H17N5O2. The summed E-state index contributed by atoms with van der Waals surface area (Å²) in [5.74, 6) is 0.870. The molecule has 3 aliphatic heterocycles. The predicted octanol–water partition coefficient (Wildman–Crippen LogP) is 2.05. The summed E-state index contributed by atoms with van der Waals surface area (Å²) in [6, 6.07) is 11.4. The molecule has 0 saturated carbocycles. The molecular weight excluding hydrogens is 330 g/mol. The quantitative estimate of drug-likeness (QED) is 0.601. The van der Waals surface area contributed by atoms with Crippen molar-refractivity contribution in [3.8, 4) is 16.9 Å². The van der Waals surface area contributed by atoms with E-state index in [9.17, 15) is 4.79 Å². The van der Waals surface area contributed by atoms with E-state index < -0.39 is 0 Å². The van der Waals surface area contributed by atoms with Gasteiger partial charge in [-0.1, -0.05) is 18.2 Å². The molecule has 4 heterocycles. The van der Waals surface area contributed by atoms with Crippen molar-refractivity contribution in [3.63, 3.8) is 0 Å². The van der Waals surface area contributed by atoms with Gasteiger partial charge in [0.05, 0.1) is 30.0 Å². The van der Waals surface area contributed by atoms with Crippen LogP contribution in [0.25, 0.3) is 27.8 Å². The first-order valence-electron chi connectivity index (χ1n) is 8.60. The van der Waals surface area contributed by atoms with Crippen LogP contribution in [0.15, 0.2) is 53.6 Å². The highest BCUT2D eigenvalue weighted by molar-refractivity contribution is 5.98. The zero-order chi connectivity index (χ0) is 17.5. The third-order valence-electron chi connectivity index (χ3n) is 4.74. The number of para-hydroxylation sites is 1. The smallest absolute Gasteiger partial charge is 0.282 e. The number of fused-ring (bicyclic) bond motifs is 3. The molecule has 0 amide bonds. The molecule has 0 spiro atoms. The van der Waals surface area contributed by atoms with Crippen LogP contribution in [0.1, 0.15) is 0 Å². The lowest BCUT2D eigenvalue weighted by molar-refractivity contribution is 0.122. The molecule has 130 valence electrons. The van der Waals surface area contributed by atoms with Crippen LogP contribution in [0.4, 0.5) is 5.82 Å². The van der Waals surface area contributed by atoms with Crippen molar-refractivity contribution < 1.29 is 4.74 Å². The van der Waals surface area contributed by atoms with E-state index in [0.717, 1.165) is 35.5 Å². The van der Waals surface area contributed by atoms with Crippen molar-refractivity contribution >= 4 is 16.7 Å². The van der Waals surface area contributed by atoms with Crippen LogP contribution >= 0.6 is 0 Å². The fourth-order valence-electron chi connectivity index (χ4n) is 3.44. The standard InChI is InChI=1S/C19H17N5O2/c25-19-15-12-21-17-14(6-7-20-18(17)23-8-10-26-11-9-23)16(15)22-24(19)13-4-2-1-3-5-13/h1-7,12,21H,8-11H2. The molecule has 0 aliphatic carbocycles. The van der Waals surface area contributed by atoms with Gasteiger partial charge in [-0.15, -0.1) is 0 Å². The van der Waals surface area contributed by atoms with E-state index in [4.69, 9.17) is 4.74 Å². The van der Waals surface area contributed by atoms with Crippen molar-refractivity contribution in [2.24, 2.45) is 0 Å². The summed E-state index contributed by atoms with van der Waals surface area (Å²) in [5, 5.41) is 5.50. The second-order valence-electron chi connectivity index (χ2n) is 6.26. The Kier molecular flexibility index (Phi) is 3.46. The number of hydrogen-bond donors (Lipinski definition) is 1. The minimum atomic E-state index is -0.130. The number of nitrogens with zero attached hydrogens (tertiary/aromatic N) is 4. The number of morpholine rings is 1. The molecule has 1 fully saturated rings. The number of benzene rings is 1. The summed E-state index contributed by atoms with van der Waals surface area (Å²) in [6.07, 6.45) is 3.50. The van der Waals surface area contributed by atoms with Gasteiger partial charge in [0, 0.05) is 30.9 Å². The lowest BCUT2D eigenvalue weighted by Crippen LogP contribution is -2.37. The molecule has 0 unspecified atom stereocenters. The van der Waals surface area contributed by atoms with Crippen LogP contribution in [0.2, 0.25) is 0 Å². The highest BCUT2D eigenvalue weighted by Crippen LogP contribution is 2.30. The number of aromatic nitrogens is 4. The highest BCUT2D eigenvalue weighted by Gasteiger charge is 2.22. The molecule has 0 radical (unpaired) electrons. The van der Waals surface area contributed by atoms with Crippen molar-refractivity contribution in [2.75, 3.05) is 31.2 Å². The number of ether oxygens (including phenoxy) is 1. The summed E-state index contributed by atoms with van der Waals surface area (Å²) >= 11 is 0. The summed E-state index contributed by atoms with van der Waals surface area (Å²) in [6.45, 7) is 2.97. The number of anilines is 1. The first-order chi connectivity index (χ1) is 12.8. The van der Waals surface area contributed by atoms with Crippen LogP contribution in [-0.4, -0.2) is 46.1 Å². The van der Waals surface area contributed by atoms with Crippen molar-refractivity contribution in [1.29, 1.82) is 0 Å². The Morgan fingerprint density at radius 1 is 1.08 bits per heavy atom.